The molecule has 1 aliphatic heterocycles. The summed E-state index contributed by atoms with van der Waals surface area (Å²) in [5, 5.41) is 5.82. The molecule has 170 valence electrons. The highest BCUT2D eigenvalue weighted by molar-refractivity contribution is 7.86. The van der Waals surface area contributed by atoms with E-state index in [1.807, 2.05) is 24.3 Å². The van der Waals surface area contributed by atoms with Gasteiger partial charge in [0.2, 0.25) is 5.79 Å². The average molecular weight is 469 g/mol. The lowest BCUT2D eigenvalue weighted by Gasteiger charge is -2.28. The Kier molecular flexibility index (Phi) is 5.67. The highest BCUT2D eigenvalue weighted by Gasteiger charge is 2.44. The maximum Gasteiger partial charge on any atom is 0.297 e. The van der Waals surface area contributed by atoms with E-state index in [-0.39, 0.29) is 24.7 Å². The molecule has 3 aromatic carbocycles. The van der Waals surface area contributed by atoms with E-state index in [0.717, 1.165) is 10.8 Å². The van der Waals surface area contributed by atoms with Crippen LogP contribution in [0.15, 0.2) is 84.3 Å². The van der Waals surface area contributed by atoms with Crippen LogP contribution in [-0.4, -0.2) is 42.5 Å². The SMILES string of the molecule is O=S(=O)(OC[C@@H]1CO[C@@](Cn2cncn2)(c2ccc(F)cc2)O1)c1ccc2ccccc2c1. The van der Waals surface area contributed by atoms with Crippen molar-refractivity contribution in [2.45, 2.75) is 23.3 Å². The molecule has 0 amide bonds. The Bertz CT molecular complexity index is 1360. The van der Waals surface area contributed by atoms with Crippen molar-refractivity contribution in [3.63, 3.8) is 0 Å². The van der Waals surface area contributed by atoms with Crippen molar-refractivity contribution in [2.75, 3.05) is 13.2 Å². The lowest BCUT2D eigenvalue weighted by molar-refractivity contribution is -0.190. The van der Waals surface area contributed by atoms with E-state index in [4.69, 9.17) is 13.7 Å². The van der Waals surface area contributed by atoms with Gasteiger partial charge in [-0.25, -0.2) is 14.1 Å². The highest BCUT2D eigenvalue weighted by atomic mass is 32.2. The van der Waals surface area contributed by atoms with Crippen molar-refractivity contribution in [1.29, 1.82) is 0 Å². The van der Waals surface area contributed by atoms with Gasteiger partial charge in [0.1, 0.15) is 31.1 Å². The maximum absolute atomic E-state index is 13.5. The first-order valence-electron chi connectivity index (χ1n) is 10.2. The molecule has 0 unspecified atom stereocenters. The van der Waals surface area contributed by atoms with Gasteiger partial charge in [-0.15, -0.1) is 0 Å². The van der Waals surface area contributed by atoms with Gasteiger partial charge in [-0.1, -0.05) is 42.5 Å². The fourth-order valence-electron chi connectivity index (χ4n) is 3.76. The zero-order valence-corrected chi connectivity index (χ0v) is 18.2. The first-order valence-corrected chi connectivity index (χ1v) is 11.6. The summed E-state index contributed by atoms with van der Waals surface area (Å²) in [6.07, 6.45) is 2.21. The second-order valence-corrected chi connectivity index (χ2v) is 9.27. The van der Waals surface area contributed by atoms with Crippen LogP contribution < -0.4 is 0 Å². The first kappa shape index (κ1) is 21.7. The van der Waals surface area contributed by atoms with Crippen LogP contribution in [0.25, 0.3) is 10.8 Å². The molecule has 0 spiro atoms. The Labute approximate surface area is 189 Å². The quantitative estimate of drug-likeness (QED) is 0.384. The van der Waals surface area contributed by atoms with E-state index in [9.17, 15) is 12.8 Å². The number of rotatable bonds is 7. The van der Waals surface area contributed by atoms with E-state index in [1.54, 1.807) is 24.3 Å². The van der Waals surface area contributed by atoms with Crippen molar-refractivity contribution in [2.24, 2.45) is 0 Å². The minimum absolute atomic E-state index is 0.0625. The molecule has 1 aliphatic rings. The smallest absolute Gasteiger partial charge is 0.297 e. The van der Waals surface area contributed by atoms with E-state index in [1.165, 1.54) is 35.5 Å². The molecule has 0 N–H and O–H groups in total. The third-order valence-electron chi connectivity index (χ3n) is 5.40. The van der Waals surface area contributed by atoms with Crippen LogP contribution in [0.2, 0.25) is 0 Å². The summed E-state index contributed by atoms with van der Waals surface area (Å²) in [6.45, 7) is -0.0126. The number of halogens is 1. The molecule has 2 atom stereocenters. The molecular weight excluding hydrogens is 449 g/mol. The van der Waals surface area contributed by atoms with Gasteiger partial charge in [-0.05, 0) is 35.0 Å². The number of fused-ring (bicyclic) bond motifs is 1. The van der Waals surface area contributed by atoms with Crippen molar-refractivity contribution in [3.8, 4) is 0 Å². The topological polar surface area (TPSA) is 92.5 Å². The van der Waals surface area contributed by atoms with Crippen LogP contribution in [0.3, 0.4) is 0 Å². The minimum Gasteiger partial charge on any atom is -0.342 e. The van der Waals surface area contributed by atoms with Gasteiger partial charge in [0, 0.05) is 5.56 Å². The highest BCUT2D eigenvalue weighted by Crippen LogP contribution is 2.36. The average Bonchev–Trinajstić information content (AvgIpc) is 3.49. The second kappa shape index (κ2) is 8.64. The van der Waals surface area contributed by atoms with Gasteiger partial charge >= 0.3 is 0 Å². The Balaban J connectivity index is 1.33. The molecular formula is C23H20FN3O5S. The largest absolute Gasteiger partial charge is 0.342 e. The normalized spacial score (nSPS) is 20.9. The molecule has 0 bridgehead atoms. The number of nitrogens with zero attached hydrogens (tertiary/aromatic N) is 3. The summed E-state index contributed by atoms with van der Waals surface area (Å²) in [5.74, 6) is -1.68. The van der Waals surface area contributed by atoms with Gasteiger partial charge in [0.05, 0.1) is 18.1 Å². The number of ether oxygens (including phenoxy) is 2. The zero-order valence-electron chi connectivity index (χ0n) is 17.4. The van der Waals surface area contributed by atoms with Crippen LogP contribution in [0, 0.1) is 5.82 Å². The monoisotopic (exact) mass is 469 g/mol. The molecule has 2 heterocycles. The molecule has 4 aromatic rings. The van der Waals surface area contributed by atoms with Crippen molar-refractivity contribution >= 4 is 20.9 Å². The Morgan fingerprint density at radius 1 is 1.09 bits per heavy atom. The standard InChI is InChI=1S/C23H20FN3O5S/c24-20-8-6-19(7-9-20)23(14-27-16-25-15-26-27)30-12-21(32-23)13-31-33(28,29)22-10-5-17-3-1-2-4-18(17)11-22/h1-11,15-16,21H,12-14H2/t21-,23+/m0/s1. The summed E-state index contributed by atoms with van der Waals surface area (Å²) in [6, 6.07) is 18.0. The van der Waals surface area contributed by atoms with E-state index in [2.05, 4.69) is 10.1 Å². The van der Waals surface area contributed by atoms with Crippen LogP contribution in [0.1, 0.15) is 5.56 Å². The summed E-state index contributed by atoms with van der Waals surface area (Å²) in [7, 11) is -4.01. The Morgan fingerprint density at radius 3 is 2.64 bits per heavy atom. The van der Waals surface area contributed by atoms with E-state index in [0.29, 0.717) is 5.56 Å². The van der Waals surface area contributed by atoms with Crippen LogP contribution >= 0.6 is 0 Å². The minimum atomic E-state index is -4.01. The molecule has 10 heteroatoms. The van der Waals surface area contributed by atoms with Gasteiger partial charge in [0.25, 0.3) is 10.1 Å². The van der Waals surface area contributed by atoms with Gasteiger partial charge in [-0.3, -0.25) is 4.18 Å². The molecule has 0 radical (unpaired) electrons. The van der Waals surface area contributed by atoms with Crippen molar-refractivity contribution < 1.29 is 26.5 Å². The van der Waals surface area contributed by atoms with E-state index < -0.39 is 27.8 Å². The van der Waals surface area contributed by atoms with Gasteiger partial charge in [0.15, 0.2) is 0 Å². The van der Waals surface area contributed by atoms with E-state index >= 15 is 0 Å². The number of benzene rings is 3. The van der Waals surface area contributed by atoms with Crippen molar-refractivity contribution in [1.82, 2.24) is 14.8 Å². The first-order chi connectivity index (χ1) is 15.9. The summed E-state index contributed by atoms with van der Waals surface area (Å²) in [5.41, 5.74) is 0.569. The van der Waals surface area contributed by atoms with Crippen LogP contribution in [0.4, 0.5) is 4.39 Å². The molecule has 0 aliphatic carbocycles. The third-order valence-corrected chi connectivity index (χ3v) is 6.68. The Hall–Kier alpha value is -3.18. The molecule has 5 rings (SSSR count). The summed E-state index contributed by atoms with van der Waals surface area (Å²) < 4.78 is 57.9. The predicted molar refractivity (Wildman–Crippen MR) is 116 cm³/mol. The molecule has 1 aromatic heterocycles. The number of hydrogen-bond donors (Lipinski definition) is 0. The predicted octanol–water partition coefficient (Wildman–Crippen LogP) is 3.24. The van der Waals surface area contributed by atoms with Crippen LogP contribution in [-0.2, 0) is 36.1 Å². The molecule has 33 heavy (non-hydrogen) atoms. The fourth-order valence-corrected chi connectivity index (χ4v) is 4.73. The summed E-state index contributed by atoms with van der Waals surface area (Å²) >= 11 is 0. The molecule has 1 fully saturated rings. The third kappa shape index (κ3) is 4.51. The lowest BCUT2D eigenvalue weighted by Crippen LogP contribution is -2.34. The lowest BCUT2D eigenvalue weighted by atomic mass is 10.1. The van der Waals surface area contributed by atoms with Gasteiger partial charge in [-0.2, -0.15) is 13.5 Å². The number of hydrogen-bond acceptors (Lipinski definition) is 7. The molecule has 1 saturated heterocycles. The number of aromatic nitrogens is 3. The summed E-state index contributed by atoms with van der Waals surface area (Å²) in [4.78, 5) is 3.99. The molecule has 0 saturated carbocycles. The van der Waals surface area contributed by atoms with Crippen molar-refractivity contribution in [3.05, 3.63) is 90.8 Å². The zero-order chi connectivity index (χ0) is 22.9. The Morgan fingerprint density at radius 2 is 1.88 bits per heavy atom. The second-order valence-electron chi connectivity index (χ2n) is 7.65. The van der Waals surface area contributed by atoms with Crippen LogP contribution in [0.5, 0.6) is 0 Å². The fraction of sp³-hybridized carbons (Fsp3) is 0.217. The molecule has 8 nitrogen and oxygen atoms in total. The van der Waals surface area contributed by atoms with Gasteiger partial charge < -0.3 is 9.47 Å². The maximum atomic E-state index is 13.5.